The van der Waals surface area contributed by atoms with Crippen LogP contribution in [0.15, 0.2) is 11.4 Å². The van der Waals surface area contributed by atoms with Crippen LogP contribution in [0.3, 0.4) is 0 Å². The van der Waals surface area contributed by atoms with Crippen molar-refractivity contribution >= 4 is 11.3 Å². The first-order valence-electron chi connectivity index (χ1n) is 6.22. The van der Waals surface area contributed by atoms with E-state index in [-0.39, 0.29) is 0 Å². The van der Waals surface area contributed by atoms with Gasteiger partial charge in [0.25, 0.3) is 0 Å². The number of fused-ring (bicyclic) bond motifs is 2. The van der Waals surface area contributed by atoms with Crippen molar-refractivity contribution in [2.45, 2.75) is 44.9 Å². The fourth-order valence-electron chi connectivity index (χ4n) is 2.91. The van der Waals surface area contributed by atoms with Gasteiger partial charge in [0, 0.05) is 23.9 Å². The summed E-state index contributed by atoms with van der Waals surface area (Å²) in [6, 6.07) is 2.20. The minimum Gasteiger partial charge on any atom is -0.375 e. The molecule has 0 radical (unpaired) electrons. The van der Waals surface area contributed by atoms with E-state index in [2.05, 4.69) is 23.7 Å². The molecule has 2 saturated heterocycles. The number of aryl methyl sites for hydroxylation is 1. The van der Waals surface area contributed by atoms with Gasteiger partial charge >= 0.3 is 0 Å². The molecule has 2 nitrogen and oxygen atoms in total. The van der Waals surface area contributed by atoms with Gasteiger partial charge in [-0.2, -0.15) is 0 Å². The molecule has 0 spiro atoms. The Bertz CT molecular complexity index is 363. The molecule has 0 amide bonds. The van der Waals surface area contributed by atoms with E-state index >= 15 is 0 Å². The van der Waals surface area contributed by atoms with Crippen LogP contribution in [0, 0.1) is 12.8 Å². The summed E-state index contributed by atoms with van der Waals surface area (Å²) >= 11 is 1.85. The van der Waals surface area contributed by atoms with E-state index in [1.807, 2.05) is 11.3 Å². The zero-order valence-electron chi connectivity index (χ0n) is 9.74. The van der Waals surface area contributed by atoms with E-state index in [0.717, 1.165) is 19.0 Å². The van der Waals surface area contributed by atoms with Gasteiger partial charge in [-0.3, -0.25) is 0 Å². The second-order valence-electron chi connectivity index (χ2n) is 5.03. The highest BCUT2D eigenvalue weighted by atomic mass is 32.1. The minimum absolute atomic E-state index is 0.557. The molecule has 3 rings (SSSR count). The summed E-state index contributed by atoms with van der Waals surface area (Å²) in [7, 11) is 0. The van der Waals surface area contributed by atoms with Crippen molar-refractivity contribution in [3.8, 4) is 0 Å². The van der Waals surface area contributed by atoms with E-state index in [4.69, 9.17) is 4.74 Å². The Morgan fingerprint density at radius 2 is 2.44 bits per heavy atom. The van der Waals surface area contributed by atoms with E-state index in [0.29, 0.717) is 12.2 Å². The molecule has 3 atom stereocenters. The van der Waals surface area contributed by atoms with Gasteiger partial charge in [0.05, 0.1) is 12.2 Å². The van der Waals surface area contributed by atoms with E-state index < -0.39 is 0 Å². The van der Waals surface area contributed by atoms with Gasteiger partial charge in [-0.05, 0) is 43.2 Å². The van der Waals surface area contributed by atoms with Gasteiger partial charge in [-0.1, -0.05) is 0 Å². The fraction of sp³-hybridized carbons (Fsp3) is 0.692. The molecule has 3 heteroatoms. The third-order valence-electron chi connectivity index (χ3n) is 3.89. The van der Waals surface area contributed by atoms with Crippen molar-refractivity contribution in [3.63, 3.8) is 0 Å². The Morgan fingerprint density at radius 1 is 1.50 bits per heavy atom. The van der Waals surface area contributed by atoms with E-state index in [9.17, 15) is 0 Å². The zero-order chi connectivity index (χ0) is 11.0. The molecule has 88 valence electrons. The van der Waals surface area contributed by atoms with Gasteiger partial charge < -0.3 is 10.1 Å². The maximum atomic E-state index is 5.86. The molecule has 1 aromatic rings. The molecule has 3 heterocycles. The maximum absolute atomic E-state index is 5.86. The summed E-state index contributed by atoms with van der Waals surface area (Å²) in [4.78, 5) is 1.48. The summed E-state index contributed by atoms with van der Waals surface area (Å²) < 4.78 is 5.86. The molecule has 0 saturated carbocycles. The third kappa shape index (κ3) is 2.04. The highest BCUT2D eigenvalue weighted by Crippen LogP contribution is 2.38. The molecule has 0 aromatic carbocycles. The van der Waals surface area contributed by atoms with Crippen molar-refractivity contribution in [3.05, 3.63) is 21.9 Å². The van der Waals surface area contributed by atoms with Crippen LogP contribution in [0.1, 0.15) is 29.7 Å². The molecule has 3 unspecified atom stereocenters. The Labute approximate surface area is 101 Å². The van der Waals surface area contributed by atoms with Crippen molar-refractivity contribution in [1.82, 2.24) is 5.32 Å². The third-order valence-corrected chi connectivity index (χ3v) is 4.92. The van der Waals surface area contributed by atoms with Crippen LogP contribution in [0.4, 0.5) is 0 Å². The van der Waals surface area contributed by atoms with Crippen LogP contribution in [-0.4, -0.2) is 18.8 Å². The number of rotatable bonds is 4. The van der Waals surface area contributed by atoms with Crippen LogP contribution in [0.2, 0.25) is 0 Å². The van der Waals surface area contributed by atoms with Gasteiger partial charge in [0.1, 0.15) is 0 Å². The van der Waals surface area contributed by atoms with Crippen LogP contribution < -0.4 is 5.32 Å². The normalized spacial score (nSPS) is 32.4. The average molecular weight is 237 g/mol. The van der Waals surface area contributed by atoms with Crippen molar-refractivity contribution in [2.24, 2.45) is 5.92 Å². The maximum Gasteiger partial charge on any atom is 0.0621 e. The summed E-state index contributed by atoms with van der Waals surface area (Å²) in [6.07, 6.45) is 5.00. The second-order valence-corrected chi connectivity index (χ2v) is 6.03. The first-order chi connectivity index (χ1) is 7.83. The molecule has 1 aromatic heterocycles. The highest BCUT2D eigenvalue weighted by Gasteiger charge is 2.40. The molecular weight excluding hydrogens is 218 g/mol. The van der Waals surface area contributed by atoms with Crippen molar-refractivity contribution in [1.29, 1.82) is 0 Å². The molecule has 2 bridgehead atoms. The largest absolute Gasteiger partial charge is 0.375 e. The van der Waals surface area contributed by atoms with Gasteiger partial charge in [-0.25, -0.2) is 0 Å². The van der Waals surface area contributed by atoms with Crippen LogP contribution >= 0.6 is 11.3 Å². The standard InChI is InChI=1S/C13H19NOS/c1-9-4-5-16-13(9)8-14-7-10-6-11-2-3-12(10)15-11/h4-5,10-12,14H,2-3,6-8H2,1H3. The number of hydrogen-bond acceptors (Lipinski definition) is 3. The van der Waals surface area contributed by atoms with Crippen LogP contribution in [-0.2, 0) is 11.3 Å². The molecule has 2 aliphatic heterocycles. The number of nitrogens with one attached hydrogen (secondary N) is 1. The van der Waals surface area contributed by atoms with Crippen LogP contribution in [0.25, 0.3) is 0 Å². The van der Waals surface area contributed by atoms with Crippen molar-refractivity contribution < 1.29 is 4.74 Å². The lowest BCUT2D eigenvalue weighted by atomic mass is 9.89. The van der Waals surface area contributed by atoms with Gasteiger partial charge in [0.2, 0.25) is 0 Å². The lowest BCUT2D eigenvalue weighted by Crippen LogP contribution is -2.29. The quantitative estimate of drug-likeness (QED) is 0.869. The molecule has 0 aliphatic carbocycles. The first kappa shape index (κ1) is 10.8. The molecule has 2 fully saturated rings. The fourth-order valence-corrected chi connectivity index (χ4v) is 3.79. The summed E-state index contributed by atoms with van der Waals surface area (Å²) in [6.45, 7) is 4.34. The first-order valence-corrected chi connectivity index (χ1v) is 7.10. The number of ether oxygens (including phenoxy) is 1. The lowest BCUT2D eigenvalue weighted by Gasteiger charge is -2.18. The van der Waals surface area contributed by atoms with Crippen molar-refractivity contribution in [2.75, 3.05) is 6.54 Å². The Balaban J connectivity index is 1.46. The summed E-state index contributed by atoms with van der Waals surface area (Å²) in [5.41, 5.74) is 1.42. The average Bonchev–Trinajstić information content (AvgIpc) is 2.96. The smallest absolute Gasteiger partial charge is 0.0621 e. The topological polar surface area (TPSA) is 21.3 Å². The van der Waals surface area contributed by atoms with E-state index in [1.165, 1.54) is 29.7 Å². The van der Waals surface area contributed by atoms with Gasteiger partial charge in [-0.15, -0.1) is 11.3 Å². The van der Waals surface area contributed by atoms with Gasteiger partial charge in [0.15, 0.2) is 0 Å². The Kier molecular flexibility index (Phi) is 3.01. The Morgan fingerprint density at radius 3 is 3.06 bits per heavy atom. The predicted octanol–water partition coefficient (Wildman–Crippen LogP) is 2.71. The monoisotopic (exact) mass is 237 g/mol. The van der Waals surface area contributed by atoms with E-state index in [1.54, 1.807) is 0 Å². The predicted molar refractivity (Wildman–Crippen MR) is 66.8 cm³/mol. The lowest BCUT2D eigenvalue weighted by molar-refractivity contribution is 0.0924. The summed E-state index contributed by atoms with van der Waals surface area (Å²) in [5, 5.41) is 5.76. The second kappa shape index (κ2) is 4.47. The van der Waals surface area contributed by atoms with Crippen LogP contribution in [0.5, 0.6) is 0 Å². The molecule has 2 aliphatic rings. The SMILES string of the molecule is Cc1ccsc1CNCC1CC2CCC1O2. The number of hydrogen-bond donors (Lipinski definition) is 1. The zero-order valence-corrected chi connectivity index (χ0v) is 10.6. The molecular formula is C13H19NOS. The highest BCUT2D eigenvalue weighted by molar-refractivity contribution is 7.10. The summed E-state index contributed by atoms with van der Waals surface area (Å²) in [5.74, 6) is 0.763. The minimum atomic E-state index is 0.557. The number of thiophene rings is 1. The molecule has 1 N–H and O–H groups in total. The molecule has 16 heavy (non-hydrogen) atoms. The Hall–Kier alpha value is -0.380.